The lowest BCUT2D eigenvalue weighted by molar-refractivity contribution is 0.605. The lowest BCUT2D eigenvalue weighted by Gasteiger charge is -1.98. The molecule has 1 nitrogen and oxygen atoms in total. The van der Waals surface area contributed by atoms with Crippen LogP contribution >= 0.6 is 12.6 Å². The van der Waals surface area contributed by atoms with Gasteiger partial charge in [0, 0.05) is 15.8 Å². The minimum Gasteiger partial charge on any atom is -0.457 e. The van der Waals surface area contributed by atoms with Crippen molar-refractivity contribution in [1.82, 2.24) is 0 Å². The van der Waals surface area contributed by atoms with E-state index in [9.17, 15) is 0 Å². The molecule has 1 aromatic heterocycles. The van der Waals surface area contributed by atoms with Crippen LogP contribution in [0.15, 0.2) is 46.8 Å². The monoisotopic (exact) mass is 240 g/mol. The minimum absolute atomic E-state index is 0.766. The first-order valence-corrected chi connectivity index (χ1v) is 5.80. The van der Waals surface area contributed by atoms with Crippen LogP contribution in [-0.2, 0) is 0 Å². The summed E-state index contributed by atoms with van der Waals surface area (Å²) in [6.45, 7) is 7.45. The Balaban J connectivity index is 2.87. The molecule has 1 heterocycles. The summed E-state index contributed by atoms with van der Waals surface area (Å²) in [5.41, 5.74) is 2.97. The van der Waals surface area contributed by atoms with Crippen molar-refractivity contribution >= 4 is 49.1 Å². The van der Waals surface area contributed by atoms with Crippen LogP contribution in [0.4, 0.5) is 0 Å². The number of allylic oxidation sites excluding steroid dienone is 2. The molecule has 0 saturated heterocycles. The fourth-order valence-corrected chi connectivity index (χ4v) is 2.13. The third-order valence-corrected chi connectivity index (χ3v) is 3.04. The molecule has 84 valence electrons. The van der Waals surface area contributed by atoms with Crippen LogP contribution in [0.3, 0.4) is 0 Å². The molecule has 0 atom stereocenters. The van der Waals surface area contributed by atoms with Crippen LogP contribution in [-0.4, -0.2) is 7.85 Å². The molecule has 0 saturated carbocycles. The van der Waals surface area contributed by atoms with E-state index >= 15 is 0 Å². The Bertz CT molecular complexity index is 623. The zero-order chi connectivity index (χ0) is 12.4. The van der Waals surface area contributed by atoms with E-state index in [2.05, 4.69) is 25.8 Å². The number of hydrogen-bond acceptors (Lipinski definition) is 2. The zero-order valence-corrected chi connectivity index (χ0v) is 10.6. The zero-order valence-electron chi connectivity index (χ0n) is 9.73. The van der Waals surface area contributed by atoms with E-state index in [1.807, 2.05) is 32.1 Å². The molecule has 0 radical (unpaired) electrons. The summed E-state index contributed by atoms with van der Waals surface area (Å²) >= 11 is 4.49. The van der Waals surface area contributed by atoms with Gasteiger partial charge >= 0.3 is 0 Å². The van der Waals surface area contributed by atoms with Gasteiger partial charge in [-0.05, 0) is 17.6 Å². The second-order valence-corrected chi connectivity index (χ2v) is 4.27. The smallest absolute Gasteiger partial charge is 0.144 e. The van der Waals surface area contributed by atoms with Gasteiger partial charge in [-0.3, -0.25) is 0 Å². The quantitative estimate of drug-likeness (QED) is 0.494. The predicted molar refractivity (Wildman–Crippen MR) is 81.0 cm³/mol. The molecule has 1 aromatic carbocycles. The Hall–Kier alpha value is -1.61. The maximum absolute atomic E-state index is 5.80. The van der Waals surface area contributed by atoms with Crippen LogP contribution in [0.5, 0.6) is 0 Å². The van der Waals surface area contributed by atoms with Crippen molar-refractivity contribution in [2.24, 2.45) is 0 Å². The van der Waals surface area contributed by atoms with E-state index in [0.29, 0.717) is 0 Å². The topological polar surface area (TPSA) is 13.1 Å². The summed E-state index contributed by atoms with van der Waals surface area (Å²) in [5.74, 6) is 0.766. The van der Waals surface area contributed by atoms with E-state index in [1.54, 1.807) is 12.2 Å². The summed E-state index contributed by atoms with van der Waals surface area (Å²) in [4.78, 5) is 0.908. The normalized spacial score (nSPS) is 11.1. The molecular weight excluding hydrogens is 227 g/mol. The van der Waals surface area contributed by atoms with Crippen LogP contribution in [0, 0.1) is 0 Å². The first kappa shape index (κ1) is 11.9. The molecule has 2 aromatic rings. The largest absolute Gasteiger partial charge is 0.457 e. The third kappa shape index (κ3) is 1.98. The molecular formula is C14H13BOS. The number of fused-ring (bicyclic) bond motifs is 1. The van der Waals surface area contributed by atoms with Crippen molar-refractivity contribution in [2.45, 2.75) is 4.90 Å². The van der Waals surface area contributed by atoms with Gasteiger partial charge in [0.2, 0.25) is 0 Å². The maximum Gasteiger partial charge on any atom is 0.144 e. The summed E-state index contributed by atoms with van der Waals surface area (Å²) in [6, 6.07) is 3.98. The number of rotatable bonds is 3. The van der Waals surface area contributed by atoms with Gasteiger partial charge in [0.05, 0.1) is 0 Å². The molecule has 2 rings (SSSR count). The summed E-state index contributed by atoms with van der Waals surface area (Å²) in [7, 11) is 2.02. The molecule has 0 unspecified atom stereocenters. The van der Waals surface area contributed by atoms with Crippen molar-refractivity contribution in [1.29, 1.82) is 0 Å². The average Bonchev–Trinajstić information content (AvgIpc) is 2.71. The fraction of sp³-hybridized carbons (Fsp3) is 0. The van der Waals surface area contributed by atoms with Crippen molar-refractivity contribution in [3.05, 3.63) is 48.8 Å². The SMILES string of the molecule is Bc1ccc(S)c2c(/C=C\C=C)c(C=C)oc12. The predicted octanol–water partition coefficient (Wildman–Crippen LogP) is 2.82. The lowest BCUT2D eigenvalue weighted by atomic mass is 9.93. The molecule has 0 aliphatic heterocycles. The van der Waals surface area contributed by atoms with E-state index in [0.717, 1.165) is 32.7 Å². The molecule has 0 aliphatic rings. The van der Waals surface area contributed by atoms with Crippen molar-refractivity contribution in [2.75, 3.05) is 0 Å². The van der Waals surface area contributed by atoms with Gasteiger partial charge < -0.3 is 4.42 Å². The van der Waals surface area contributed by atoms with Gasteiger partial charge in [-0.15, -0.1) is 12.6 Å². The van der Waals surface area contributed by atoms with Crippen LogP contribution in [0.2, 0.25) is 0 Å². The number of benzene rings is 1. The summed E-state index contributed by atoms with van der Waals surface area (Å²) < 4.78 is 5.80. The fourth-order valence-electron chi connectivity index (χ4n) is 1.84. The molecule has 0 spiro atoms. The van der Waals surface area contributed by atoms with E-state index in [4.69, 9.17) is 4.42 Å². The number of thiol groups is 1. The van der Waals surface area contributed by atoms with Gasteiger partial charge in [0.1, 0.15) is 19.2 Å². The number of hydrogen-bond donors (Lipinski definition) is 1. The molecule has 0 amide bonds. The first-order chi connectivity index (χ1) is 8.19. The average molecular weight is 240 g/mol. The Morgan fingerprint density at radius 2 is 2.06 bits per heavy atom. The van der Waals surface area contributed by atoms with Crippen molar-refractivity contribution < 1.29 is 4.42 Å². The van der Waals surface area contributed by atoms with Crippen LogP contribution < -0.4 is 5.46 Å². The van der Waals surface area contributed by atoms with Gasteiger partial charge in [-0.2, -0.15) is 0 Å². The highest BCUT2D eigenvalue weighted by molar-refractivity contribution is 7.80. The standard InChI is InChI=1S/C14H13BOS/c1-3-5-6-9-11(4-2)16-14-10(15)7-8-12(17)13(9)14/h3-8,17H,1-2,15H2/b6-5-. The first-order valence-electron chi connectivity index (χ1n) is 5.35. The molecule has 0 fully saturated rings. The Kier molecular flexibility index (Phi) is 3.29. The number of furan rings is 1. The van der Waals surface area contributed by atoms with Gasteiger partial charge in [0.15, 0.2) is 0 Å². The van der Waals surface area contributed by atoms with Crippen molar-refractivity contribution in [3.63, 3.8) is 0 Å². The second-order valence-electron chi connectivity index (χ2n) is 3.78. The Morgan fingerprint density at radius 1 is 1.29 bits per heavy atom. The van der Waals surface area contributed by atoms with Crippen molar-refractivity contribution in [3.8, 4) is 0 Å². The molecule has 17 heavy (non-hydrogen) atoms. The van der Waals surface area contributed by atoms with Gasteiger partial charge in [-0.25, -0.2) is 0 Å². The second kappa shape index (κ2) is 4.72. The van der Waals surface area contributed by atoms with Gasteiger partial charge in [0.25, 0.3) is 0 Å². The third-order valence-electron chi connectivity index (χ3n) is 2.66. The summed E-state index contributed by atoms with van der Waals surface area (Å²) in [6.07, 6.45) is 7.30. The highest BCUT2D eigenvalue weighted by atomic mass is 32.1. The molecule has 3 heteroatoms. The van der Waals surface area contributed by atoms with E-state index in [-0.39, 0.29) is 0 Å². The Morgan fingerprint density at radius 3 is 2.71 bits per heavy atom. The van der Waals surface area contributed by atoms with Crippen LogP contribution in [0.1, 0.15) is 11.3 Å². The highest BCUT2D eigenvalue weighted by Crippen LogP contribution is 2.31. The van der Waals surface area contributed by atoms with Crippen LogP contribution in [0.25, 0.3) is 23.1 Å². The maximum atomic E-state index is 5.80. The lowest BCUT2D eigenvalue weighted by Crippen LogP contribution is -2.01. The van der Waals surface area contributed by atoms with E-state index in [1.165, 1.54) is 0 Å². The Labute approximate surface area is 107 Å². The molecule has 0 aliphatic carbocycles. The van der Waals surface area contributed by atoms with E-state index < -0.39 is 0 Å². The summed E-state index contributed by atoms with van der Waals surface area (Å²) in [5, 5.41) is 1.03. The highest BCUT2D eigenvalue weighted by Gasteiger charge is 2.13. The molecule has 0 N–H and O–H groups in total. The molecule has 0 bridgehead atoms. The minimum atomic E-state index is 0.766. The van der Waals surface area contributed by atoms with Gasteiger partial charge in [-0.1, -0.05) is 37.5 Å².